The highest BCUT2D eigenvalue weighted by atomic mass is 79.9. The maximum atomic E-state index is 11.5. The van der Waals surface area contributed by atoms with E-state index in [-0.39, 0.29) is 5.76 Å². The zero-order chi connectivity index (χ0) is 10.8. The van der Waals surface area contributed by atoms with Crippen LogP contribution in [0.2, 0.25) is 0 Å². The van der Waals surface area contributed by atoms with Crippen molar-refractivity contribution >= 4 is 27.2 Å². The first-order chi connectivity index (χ1) is 7.18. The van der Waals surface area contributed by atoms with E-state index in [1.807, 2.05) is 13.0 Å². The molecule has 0 aliphatic carbocycles. The number of hydrogen-bond donors (Lipinski definition) is 0. The van der Waals surface area contributed by atoms with Crippen molar-refractivity contribution in [3.63, 3.8) is 0 Å². The third-order valence-corrected chi connectivity index (χ3v) is 2.65. The molecule has 2 rings (SSSR count). The van der Waals surface area contributed by atoms with Crippen LogP contribution in [0.25, 0.3) is 11.2 Å². The molecule has 0 aliphatic rings. The maximum Gasteiger partial charge on any atom is 0.421 e. The van der Waals surface area contributed by atoms with Crippen LogP contribution in [0.4, 0.5) is 0 Å². The first-order valence-corrected chi connectivity index (χ1v) is 5.68. The fourth-order valence-corrected chi connectivity index (χ4v) is 1.63. The third kappa shape index (κ3) is 2.12. The maximum absolute atomic E-state index is 11.5. The number of fused-ring (bicyclic) bond motifs is 1. The molecule has 0 amide bonds. The predicted molar refractivity (Wildman–Crippen MR) is 61.3 cm³/mol. The Morgan fingerprint density at radius 1 is 1.67 bits per heavy atom. The van der Waals surface area contributed by atoms with E-state index in [0.717, 1.165) is 11.9 Å². The van der Waals surface area contributed by atoms with Gasteiger partial charge in [0, 0.05) is 17.6 Å². The van der Waals surface area contributed by atoms with E-state index in [9.17, 15) is 4.79 Å². The summed E-state index contributed by atoms with van der Waals surface area (Å²) in [7, 11) is 0. The van der Waals surface area contributed by atoms with E-state index in [2.05, 4.69) is 20.9 Å². The Hall–Kier alpha value is -1.10. The Balaban J connectivity index is 2.41. The monoisotopic (exact) mass is 270 g/mol. The van der Waals surface area contributed by atoms with Gasteiger partial charge in [-0.3, -0.25) is 4.57 Å². The van der Waals surface area contributed by atoms with Crippen molar-refractivity contribution in [2.24, 2.45) is 0 Å². The second kappa shape index (κ2) is 4.18. The van der Waals surface area contributed by atoms with E-state index in [1.165, 1.54) is 0 Å². The Bertz CT molecular complexity index is 515. The molecule has 5 heteroatoms. The number of halogens is 1. The molecule has 0 saturated heterocycles. The van der Waals surface area contributed by atoms with Gasteiger partial charge in [0.1, 0.15) is 5.52 Å². The summed E-state index contributed by atoms with van der Waals surface area (Å²) in [5, 5.41) is 0. The van der Waals surface area contributed by atoms with E-state index < -0.39 is 0 Å². The van der Waals surface area contributed by atoms with Crippen molar-refractivity contribution in [3.8, 4) is 0 Å². The normalized spacial score (nSPS) is 13.2. The van der Waals surface area contributed by atoms with Crippen LogP contribution in [0.1, 0.15) is 13.3 Å². The molecule has 4 nitrogen and oxygen atoms in total. The number of oxazole rings is 1. The first-order valence-electron chi connectivity index (χ1n) is 4.77. The summed E-state index contributed by atoms with van der Waals surface area (Å²) in [6, 6.07) is 3.64. The van der Waals surface area contributed by atoms with Crippen LogP contribution in [-0.2, 0) is 6.54 Å². The molecular weight excluding hydrogens is 260 g/mol. The zero-order valence-corrected chi connectivity index (χ0v) is 9.90. The second-order valence-electron chi connectivity index (χ2n) is 3.42. The average Bonchev–Trinajstić information content (AvgIpc) is 2.50. The summed E-state index contributed by atoms with van der Waals surface area (Å²) in [6.45, 7) is 2.69. The zero-order valence-electron chi connectivity index (χ0n) is 8.31. The molecule has 2 heterocycles. The van der Waals surface area contributed by atoms with Crippen molar-refractivity contribution < 1.29 is 4.42 Å². The number of hydrogen-bond acceptors (Lipinski definition) is 3. The van der Waals surface area contributed by atoms with Gasteiger partial charge in [0.05, 0.1) is 0 Å². The largest absolute Gasteiger partial charge is 0.421 e. The molecule has 0 radical (unpaired) electrons. The van der Waals surface area contributed by atoms with Gasteiger partial charge in [-0.1, -0.05) is 22.9 Å². The molecule has 2 aromatic heterocycles. The Morgan fingerprint density at radius 3 is 3.20 bits per heavy atom. The minimum atomic E-state index is -0.336. The van der Waals surface area contributed by atoms with Crippen molar-refractivity contribution in [2.75, 3.05) is 0 Å². The second-order valence-corrected chi connectivity index (χ2v) is 4.98. The standard InChI is InChI=1S/C10H11BrN2O2/c1-7(11)4-6-13-8-3-2-5-12-9(8)15-10(13)14/h2-3,5,7H,4,6H2,1H3. The SMILES string of the molecule is CC(Br)CCn1c(=O)oc2ncccc21. The molecule has 15 heavy (non-hydrogen) atoms. The number of rotatable bonds is 3. The summed E-state index contributed by atoms with van der Waals surface area (Å²) >= 11 is 3.45. The minimum Gasteiger partial charge on any atom is -0.389 e. The van der Waals surface area contributed by atoms with E-state index in [0.29, 0.717) is 17.1 Å². The number of pyridine rings is 1. The molecule has 2 aromatic rings. The van der Waals surface area contributed by atoms with Crippen LogP contribution in [0.5, 0.6) is 0 Å². The van der Waals surface area contributed by atoms with Crippen LogP contribution < -0.4 is 5.76 Å². The van der Waals surface area contributed by atoms with Gasteiger partial charge in [0.25, 0.3) is 0 Å². The van der Waals surface area contributed by atoms with Gasteiger partial charge >= 0.3 is 5.76 Å². The number of aryl methyl sites for hydroxylation is 1. The average molecular weight is 271 g/mol. The topological polar surface area (TPSA) is 48.0 Å². The number of alkyl halides is 1. The summed E-state index contributed by atoms with van der Waals surface area (Å²) in [4.78, 5) is 15.9. The van der Waals surface area contributed by atoms with Crippen molar-refractivity contribution in [2.45, 2.75) is 24.7 Å². The quantitative estimate of drug-likeness (QED) is 0.804. The smallest absolute Gasteiger partial charge is 0.389 e. The van der Waals surface area contributed by atoms with Gasteiger partial charge in [-0.15, -0.1) is 0 Å². The lowest BCUT2D eigenvalue weighted by molar-refractivity contribution is 0.493. The molecule has 1 unspecified atom stereocenters. The van der Waals surface area contributed by atoms with Crippen LogP contribution in [0.15, 0.2) is 27.5 Å². The van der Waals surface area contributed by atoms with Gasteiger partial charge < -0.3 is 4.42 Å². The van der Waals surface area contributed by atoms with Gasteiger partial charge in [0.15, 0.2) is 0 Å². The molecule has 0 N–H and O–H groups in total. The highest BCUT2D eigenvalue weighted by Gasteiger charge is 2.09. The van der Waals surface area contributed by atoms with Crippen LogP contribution in [0.3, 0.4) is 0 Å². The summed E-state index contributed by atoms with van der Waals surface area (Å²) in [5.41, 5.74) is 1.17. The highest BCUT2D eigenvalue weighted by Crippen LogP contribution is 2.11. The fraction of sp³-hybridized carbons (Fsp3) is 0.400. The van der Waals surface area contributed by atoms with E-state index >= 15 is 0 Å². The molecule has 80 valence electrons. The van der Waals surface area contributed by atoms with E-state index in [4.69, 9.17) is 4.42 Å². The Morgan fingerprint density at radius 2 is 2.47 bits per heavy atom. The summed E-state index contributed by atoms with van der Waals surface area (Å²) in [5.74, 6) is -0.336. The van der Waals surface area contributed by atoms with Gasteiger partial charge in [-0.25, -0.2) is 9.78 Å². The highest BCUT2D eigenvalue weighted by molar-refractivity contribution is 9.09. The fourth-order valence-electron chi connectivity index (χ4n) is 1.42. The summed E-state index contributed by atoms with van der Waals surface area (Å²) < 4.78 is 6.62. The lowest BCUT2D eigenvalue weighted by Gasteiger charge is -2.03. The molecule has 0 fully saturated rings. The Labute approximate surface area is 95.0 Å². The predicted octanol–water partition coefficient (Wildman–Crippen LogP) is 2.16. The van der Waals surface area contributed by atoms with Crippen molar-refractivity contribution in [1.29, 1.82) is 0 Å². The molecular formula is C10H11BrN2O2. The van der Waals surface area contributed by atoms with Crippen LogP contribution >= 0.6 is 15.9 Å². The molecule has 0 bridgehead atoms. The number of aromatic nitrogens is 2. The van der Waals surface area contributed by atoms with Gasteiger partial charge in [0.2, 0.25) is 5.71 Å². The summed E-state index contributed by atoms with van der Waals surface area (Å²) in [6.07, 6.45) is 2.49. The van der Waals surface area contributed by atoms with Crippen LogP contribution in [-0.4, -0.2) is 14.4 Å². The van der Waals surface area contributed by atoms with Crippen LogP contribution in [0, 0.1) is 0 Å². The number of nitrogens with zero attached hydrogens (tertiary/aromatic N) is 2. The van der Waals surface area contributed by atoms with Crippen molar-refractivity contribution in [1.82, 2.24) is 9.55 Å². The first kappa shape index (κ1) is 10.4. The molecule has 0 saturated carbocycles. The third-order valence-electron chi connectivity index (χ3n) is 2.20. The lowest BCUT2D eigenvalue weighted by atomic mass is 10.3. The van der Waals surface area contributed by atoms with E-state index in [1.54, 1.807) is 16.8 Å². The minimum absolute atomic E-state index is 0.336. The molecule has 0 spiro atoms. The van der Waals surface area contributed by atoms with Gasteiger partial charge in [-0.2, -0.15) is 0 Å². The molecule has 0 aliphatic heterocycles. The molecule has 0 aromatic carbocycles. The van der Waals surface area contributed by atoms with Gasteiger partial charge in [-0.05, 0) is 18.6 Å². The van der Waals surface area contributed by atoms with Crippen molar-refractivity contribution in [3.05, 3.63) is 28.9 Å². The Kier molecular flexibility index (Phi) is 2.90. The lowest BCUT2D eigenvalue weighted by Crippen LogP contribution is -2.15. The molecule has 1 atom stereocenters.